The Hall–Kier alpha value is -1.56. The molecule has 1 aromatic rings. The van der Waals surface area contributed by atoms with Crippen molar-refractivity contribution < 1.29 is 13.2 Å². The standard InChI is InChI=1S/C21H36N2O3S/c1-7-9-10-17(8-2)15-22-20(24)16-23(27(6,25)26)19-13-11-18(12-14-19)21(3,4)5/h11-14,17H,7-10,15-16H2,1-6H3,(H,22,24)/t17-/m1/s1. The van der Waals surface area contributed by atoms with Crippen LogP contribution in [-0.2, 0) is 20.2 Å². The van der Waals surface area contributed by atoms with Crippen molar-refractivity contribution in [1.29, 1.82) is 0 Å². The summed E-state index contributed by atoms with van der Waals surface area (Å²) in [4.78, 5) is 12.4. The van der Waals surface area contributed by atoms with Gasteiger partial charge in [-0.05, 0) is 35.4 Å². The van der Waals surface area contributed by atoms with Crippen molar-refractivity contribution in [3.05, 3.63) is 29.8 Å². The first-order valence-electron chi connectivity index (χ1n) is 9.84. The van der Waals surface area contributed by atoms with Gasteiger partial charge >= 0.3 is 0 Å². The third-order valence-corrected chi connectivity index (χ3v) is 5.98. The zero-order chi connectivity index (χ0) is 20.7. The molecule has 0 bridgehead atoms. The Morgan fingerprint density at radius 2 is 1.74 bits per heavy atom. The van der Waals surface area contributed by atoms with Crippen LogP contribution in [0.3, 0.4) is 0 Å². The van der Waals surface area contributed by atoms with E-state index in [2.05, 4.69) is 39.9 Å². The first-order chi connectivity index (χ1) is 12.5. The maximum Gasteiger partial charge on any atom is 0.240 e. The van der Waals surface area contributed by atoms with Gasteiger partial charge < -0.3 is 5.32 Å². The zero-order valence-electron chi connectivity index (χ0n) is 17.7. The summed E-state index contributed by atoms with van der Waals surface area (Å²) in [5, 5.41) is 2.91. The van der Waals surface area contributed by atoms with Crippen LogP contribution < -0.4 is 9.62 Å². The molecule has 0 heterocycles. The van der Waals surface area contributed by atoms with Crippen molar-refractivity contribution in [1.82, 2.24) is 5.32 Å². The molecule has 5 nitrogen and oxygen atoms in total. The lowest BCUT2D eigenvalue weighted by atomic mass is 9.87. The molecular weight excluding hydrogens is 360 g/mol. The number of hydrogen-bond acceptors (Lipinski definition) is 3. The highest BCUT2D eigenvalue weighted by molar-refractivity contribution is 7.92. The Bertz CT molecular complexity index is 691. The van der Waals surface area contributed by atoms with E-state index in [9.17, 15) is 13.2 Å². The maximum absolute atomic E-state index is 12.4. The summed E-state index contributed by atoms with van der Waals surface area (Å²) in [5.41, 5.74) is 1.61. The fourth-order valence-electron chi connectivity index (χ4n) is 2.92. The topological polar surface area (TPSA) is 66.5 Å². The second-order valence-corrected chi connectivity index (χ2v) is 10.2. The second-order valence-electron chi connectivity index (χ2n) is 8.29. The highest BCUT2D eigenvalue weighted by Crippen LogP contribution is 2.25. The summed E-state index contributed by atoms with van der Waals surface area (Å²) in [6, 6.07) is 7.38. The monoisotopic (exact) mass is 396 g/mol. The summed E-state index contributed by atoms with van der Waals surface area (Å²) in [6.45, 7) is 11.0. The highest BCUT2D eigenvalue weighted by Gasteiger charge is 2.22. The van der Waals surface area contributed by atoms with Crippen LogP contribution in [0.25, 0.3) is 0 Å². The van der Waals surface area contributed by atoms with Gasteiger partial charge in [0.15, 0.2) is 0 Å². The molecule has 154 valence electrons. The third-order valence-electron chi connectivity index (χ3n) is 4.84. The molecule has 0 fully saturated rings. The number of amides is 1. The molecule has 0 saturated carbocycles. The van der Waals surface area contributed by atoms with Crippen LogP contribution in [0.5, 0.6) is 0 Å². The Kier molecular flexibility index (Phi) is 8.79. The molecule has 1 aromatic carbocycles. The van der Waals surface area contributed by atoms with E-state index in [1.807, 2.05) is 12.1 Å². The van der Waals surface area contributed by atoms with E-state index in [1.54, 1.807) is 12.1 Å². The number of carbonyl (C=O) groups excluding carboxylic acids is 1. The zero-order valence-corrected chi connectivity index (χ0v) is 18.5. The molecule has 27 heavy (non-hydrogen) atoms. The van der Waals surface area contributed by atoms with Crippen molar-refractivity contribution in [2.24, 2.45) is 5.92 Å². The van der Waals surface area contributed by atoms with Gasteiger partial charge in [-0.15, -0.1) is 0 Å². The van der Waals surface area contributed by atoms with Crippen LogP contribution in [0.15, 0.2) is 24.3 Å². The Labute approximate surface area is 165 Å². The molecule has 1 N–H and O–H groups in total. The van der Waals surface area contributed by atoms with Gasteiger partial charge in [0.05, 0.1) is 11.9 Å². The number of nitrogens with one attached hydrogen (secondary N) is 1. The first-order valence-corrected chi connectivity index (χ1v) is 11.7. The van der Waals surface area contributed by atoms with Crippen LogP contribution >= 0.6 is 0 Å². The molecule has 6 heteroatoms. The molecule has 0 aliphatic heterocycles. The van der Waals surface area contributed by atoms with Gasteiger partial charge in [0.2, 0.25) is 15.9 Å². The van der Waals surface area contributed by atoms with E-state index in [4.69, 9.17) is 0 Å². The SMILES string of the molecule is CCCC[C@@H](CC)CNC(=O)CN(c1ccc(C(C)(C)C)cc1)S(C)(=O)=O. The molecule has 0 spiro atoms. The van der Waals surface area contributed by atoms with Crippen LogP contribution in [0.1, 0.15) is 65.9 Å². The van der Waals surface area contributed by atoms with Crippen molar-refractivity contribution in [2.75, 3.05) is 23.7 Å². The number of sulfonamides is 1. The highest BCUT2D eigenvalue weighted by atomic mass is 32.2. The van der Waals surface area contributed by atoms with E-state index in [-0.39, 0.29) is 17.9 Å². The van der Waals surface area contributed by atoms with Crippen molar-refractivity contribution in [3.63, 3.8) is 0 Å². The van der Waals surface area contributed by atoms with Gasteiger partial charge in [-0.1, -0.05) is 66.0 Å². The summed E-state index contributed by atoms with van der Waals surface area (Å²) < 4.78 is 25.6. The van der Waals surface area contributed by atoms with Crippen molar-refractivity contribution in [2.45, 2.75) is 65.7 Å². The van der Waals surface area contributed by atoms with Crippen LogP contribution in [0.2, 0.25) is 0 Å². The fraction of sp³-hybridized carbons (Fsp3) is 0.667. The van der Waals surface area contributed by atoms with Gasteiger partial charge in [-0.2, -0.15) is 0 Å². The van der Waals surface area contributed by atoms with Gasteiger partial charge in [-0.25, -0.2) is 8.42 Å². The maximum atomic E-state index is 12.4. The molecule has 1 atom stereocenters. The smallest absolute Gasteiger partial charge is 0.240 e. The number of hydrogen-bond donors (Lipinski definition) is 1. The third kappa shape index (κ3) is 7.91. The van der Waals surface area contributed by atoms with Gasteiger partial charge in [0.1, 0.15) is 6.54 Å². The molecule has 1 amide bonds. The quantitative estimate of drug-likeness (QED) is 0.648. The van der Waals surface area contributed by atoms with E-state index in [0.717, 1.165) is 37.5 Å². The van der Waals surface area contributed by atoms with E-state index < -0.39 is 10.0 Å². The summed E-state index contributed by atoms with van der Waals surface area (Å²) in [5.74, 6) is 0.168. The van der Waals surface area contributed by atoms with Gasteiger partial charge in [0, 0.05) is 6.54 Å². The normalized spacial score (nSPS) is 13.3. The molecule has 0 radical (unpaired) electrons. The molecular formula is C21H36N2O3S. The average Bonchev–Trinajstić information content (AvgIpc) is 2.58. The Balaban J connectivity index is 2.83. The molecule has 0 unspecified atom stereocenters. The van der Waals surface area contributed by atoms with Crippen molar-refractivity contribution in [3.8, 4) is 0 Å². The van der Waals surface area contributed by atoms with E-state index in [1.165, 1.54) is 4.31 Å². The van der Waals surface area contributed by atoms with Crippen molar-refractivity contribution >= 4 is 21.6 Å². The predicted octanol–water partition coefficient (Wildman–Crippen LogP) is 4.08. The van der Waals surface area contributed by atoms with E-state index in [0.29, 0.717) is 18.2 Å². The molecule has 0 aromatic heterocycles. The lowest BCUT2D eigenvalue weighted by molar-refractivity contribution is -0.119. The number of rotatable bonds is 10. The Morgan fingerprint density at radius 3 is 2.19 bits per heavy atom. The minimum atomic E-state index is -3.55. The number of carbonyl (C=O) groups is 1. The van der Waals surface area contributed by atoms with E-state index >= 15 is 0 Å². The number of anilines is 1. The fourth-order valence-corrected chi connectivity index (χ4v) is 3.77. The molecule has 0 aliphatic rings. The molecule has 1 rings (SSSR count). The second kappa shape index (κ2) is 10.1. The van der Waals surface area contributed by atoms with Crippen LogP contribution in [-0.4, -0.2) is 33.7 Å². The largest absolute Gasteiger partial charge is 0.354 e. The lowest BCUT2D eigenvalue weighted by Crippen LogP contribution is -2.41. The molecule has 0 aliphatic carbocycles. The first kappa shape index (κ1) is 23.5. The average molecular weight is 397 g/mol. The summed E-state index contributed by atoms with van der Waals surface area (Å²) in [6.07, 6.45) is 5.50. The predicted molar refractivity (Wildman–Crippen MR) is 114 cm³/mol. The van der Waals surface area contributed by atoms with Gasteiger partial charge in [-0.3, -0.25) is 9.10 Å². The Morgan fingerprint density at radius 1 is 1.15 bits per heavy atom. The van der Waals surface area contributed by atoms with Gasteiger partial charge in [0.25, 0.3) is 0 Å². The van der Waals surface area contributed by atoms with Crippen LogP contribution in [0, 0.1) is 5.92 Å². The van der Waals surface area contributed by atoms with Crippen LogP contribution in [0.4, 0.5) is 5.69 Å². The lowest BCUT2D eigenvalue weighted by Gasteiger charge is -2.24. The summed E-state index contributed by atoms with van der Waals surface area (Å²) >= 11 is 0. The number of unbranched alkanes of at least 4 members (excludes halogenated alkanes) is 1. The molecule has 0 saturated heterocycles. The minimum absolute atomic E-state index is 0.0144. The number of benzene rings is 1. The summed E-state index contributed by atoms with van der Waals surface area (Å²) in [7, 11) is -3.55. The number of nitrogens with zero attached hydrogens (tertiary/aromatic N) is 1. The minimum Gasteiger partial charge on any atom is -0.354 e.